The fraction of sp³-hybridized carbons (Fsp3) is 0.545. The number of carbonyl (C=O) groups excluding carboxylic acids is 1. The van der Waals surface area contributed by atoms with Gasteiger partial charge in [-0.25, -0.2) is 0 Å². The molecule has 1 aromatic rings. The van der Waals surface area contributed by atoms with E-state index in [1.54, 1.807) is 12.1 Å². The lowest BCUT2D eigenvalue weighted by Gasteiger charge is -2.17. The van der Waals surface area contributed by atoms with Crippen LogP contribution in [-0.2, 0) is 0 Å². The van der Waals surface area contributed by atoms with Crippen molar-refractivity contribution < 1.29 is 9.21 Å². The average Bonchev–Trinajstić information content (AvgIpc) is 2.65. The zero-order valence-corrected chi connectivity index (χ0v) is 8.99. The summed E-state index contributed by atoms with van der Waals surface area (Å²) >= 11 is 0. The Morgan fingerprint density at radius 2 is 2.29 bits per heavy atom. The molecule has 1 aromatic heterocycles. The van der Waals surface area contributed by atoms with Crippen molar-refractivity contribution >= 4 is 5.78 Å². The predicted octanol–water partition coefficient (Wildman–Crippen LogP) is 2.05. The summed E-state index contributed by atoms with van der Waals surface area (Å²) in [7, 11) is 3.94. The van der Waals surface area contributed by atoms with E-state index in [1.807, 2.05) is 25.9 Å². The number of nitrogens with zero attached hydrogens (tertiary/aromatic N) is 1. The first-order valence-corrected chi connectivity index (χ1v) is 4.87. The summed E-state index contributed by atoms with van der Waals surface area (Å²) < 4.78 is 5.09. The number of carbonyl (C=O) groups is 1. The van der Waals surface area contributed by atoms with Gasteiger partial charge in [-0.05, 0) is 32.6 Å². The predicted molar refractivity (Wildman–Crippen MR) is 55.4 cm³/mol. The Labute approximate surface area is 84.7 Å². The summed E-state index contributed by atoms with van der Waals surface area (Å²) in [6.45, 7) is 2.80. The molecule has 1 rings (SSSR count). The van der Waals surface area contributed by atoms with Crippen LogP contribution in [0.4, 0.5) is 0 Å². The highest BCUT2D eigenvalue weighted by molar-refractivity contribution is 5.95. The van der Waals surface area contributed by atoms with Crippen molar-refractivity contribution in [2.45, 2.75) is 13.3 Å². The van der Waals surface area contributed by atoms with Crippen LogP contribution in [0, 0.1) is 5.92 Å². The molecule has 0 spiro atoms. The van der Waals surface area contributed by atoms with E-state index in [9.17, 15) is 4.79 Å². The maximum Gasteiger partial charge on any atom is 0.202 e. The van der Waals surface area contributed by atoms with Crippen LogP contribution >= 0.6 is 0 Å². The number of Topliss-reactive ketones (excluding diaryl/α,β-unsaturated/α-hetero) is 1. The molecule has 0 aromatic carbocycles. The molecule has 0 amide bonds. The van der Waals surface area contributed by atoms with Crippen molar-refractivity contribution in [2.75, 3.05) is 20.6 Å². The largest absolute Gasteiger partial charge is 0.461 e. The first-order valence-electron chi connectivity index (χ1n) is 4.87. The van der Waals surface area contributed by atoms with Gasteiger partial charge in [0.25, 0.3) is 0 Å². The third-order valence-electron chi connectivity index (χ3n) is 2.21. The lowest BCUT2D eigenvalue weighted by Crippen LogP contribution is -2.27. The molecule has 0 bridgehead atoms. The minimum Gasteiger partial charge on any atom is -0.461 e. The molecular weight excluding hydrogens is 178 g/mol. The lowest BCUT2D eigenvalue weighted by atomic mass is 9.99. The monoisotopic (exact) mass is 195 g/mol. The first kappa shape index (κ1) is 11.0. The van der Waals surface area contributed by atoms with Crippen LogP contribution in [0.2, 0.25) is 0 Å². The summed E-state index contributed by atoms with van der Waals surface area (Å²) in [6.07, 6.45) is 2.38. The van der Waals surface area contributed by atoms with Crippen molar-refractivity contribution in [1.29, 1.82) is 0 Å². The summed E-state index contributed by atoms with van der Waals surface area (Å²) in [4.78, 5) is 13.9. The molecule has 3 nitrogen and oxygen atoms in total. The fourth-order valence-electron chi connectivity index (χ4n) is 1.46. The Bertz CT molecular complexity index is 277. The van der Waals surface area contributed by atoms with Crippen molar-refractivity contribution in [3.63, 3.8) is 0 Å². The summed E-state index contributed by atoms with van der Waals surface area (Å²) in [5, 5.41) is 0. The molecule has 0 aliphatic heterocycles. The van der Waals surface area contributed by atoms with Crippen LogP contribution in [0.15, 0.2) is 22.8 Å². The number of hydrogen-bond acceptors (Lipinski definition) is 3. The molecule has 1 heterocycles. The van der Waals surface area contributed by atoms with E-state index in [1.165, 1.54) is 6.26 Å². The molecule has 0 N–H and O–H groups in total. The maximum atomic E-state index is 11.9. The Kier molecular flexibility index (Phi) is 3.89. The van der Waals surface area contributed by atoms with Crippen LogP contribution in [0.1, 0.15) is 23.9 Å². The van der Waals surface area contributed by atoms with Gasteiger partial charge in [0.2, 0.25) is 5.78 Å². The maximum absolute atomic E-state index is 11.9. The quantitative estimate of drug-likeness (QED) is 0.674. The van der Waals surface area contributed by atoms with Gasteiger partial charge in [0, 0.05) is 12.5 Å². The standard InChI is InChI=1S/C11H17NO2/c1-4-9(8-12(2)3)11(13)10-6-5-7-14-10/h5-7,9H,4,8H2,1-3H3/t9-/m0/s1. The van der Waals surface area contributed by atoms with Gasteiger partial charge >= 0.3 is 0 Å². The highest BCUT2D eigenvalue weighted by atomic mass is 16.3. The number of rotatable bonds is 5. The smallest absolute Gasteiger partial charge is 0.202 e. The van der Waals surface area contributed by atoms with E-state index in [0.717, 1.165) is 13.0 Å². The van der Waals surface area contributed by atoms with E-state index in [2.05, 4.69) is 0 Å². The van der Waals surface area contributed by atoms with Gasteiger partial charge in [0.05, 0.1) is 6.26 Å². The van der Waals surface area contributed by atoms with Crippen molar-refractivity contribution in [1.82, 2.24) is 4.90 Å². The zero-order chi connectivity index (χ0) is 10.6. The average molecular weight is 195 g/mol. The second kappa shape index (κ2) is 4.96. The highest BCUT2D eigenvalue weighted by Crippen LogP contribution is 2.13. The van der Waals surface area contributed by atoms with Crippen molar-refractivity contribution in [3.05, 3.63) is 24.2 Å². The Morgan fingerprint density at radius 3 is 2.71 bits per heavy atom. The van der Waals surface area contributed by atoms with E-state index in [4.69, 9.17) is 4.42 Å². The van der Waals surface area contributed by atoms with Crippen molar-refractivity contribution in [2.24, 2.45) is 5.92 Å². The molecule has 0 saturated carbocycles. The first-order chi connectivity index (χ1) is 6.65. The van der Waals surface area contributed by atoms with Gasteiger partial charge in [-0.3, -0.25) is 4.79 Å². The van der Waals surface area contributed by atoms with Crippen LogP contribution < -0.4 is 0 Å². The molecule has 78 valence electrons. The van der Waals surface area contributed by atoms with Crippen LogP contribution in [0.5, 0.6) is 0 Å². The van der Waals surface area contributed by atoms with E-state index >= 15 is 0 Å². The molecular formula is C11H17NO2. The lowest BCUT2D eigenvalue weighted by molar-refractivity contribution is 0.0865. The second-order valence-electron chi connectivity index (χ2n) is 3.71. The van der Waals surface area contributed by atoms with E-state index < -0.39 is 0 Å². The Morgan fingerprint density at radius 1 is 1.57 bits per heavy atom. The summed E-state index contributed by atoms with van der Waals surface area (Å²) in [5.41, 5.74) is 0. The van der Waals surface area contributed by atoms with Crippen LogP contribution in [-0.4, -0.2) is 31.3 Å². The third-order valence-corrected chi connectivity index (χ3v) is 2.21. The fourth-order valence-corrected chi connectivity index (χ4v) is 1.46. The van der Waals surface area contributed by atoms with Gasteiger partial charge in [-0.1, -0.05) is 6.92 Å². The minimum absolute atomic E-state index is 0.0381. The molecule has 0 radical (unpaired) electrons. The highest BCUT2D eigenvalue weighted by Gasteiger charge is 2.20. The Hall–Kier alpha value is -1.09. The summed E-state index contributed by atoms with van der Waals surface area (Å²) in [6, 6.07) is 3.47. The molecule has 0 saturated heterocycles. The van der Waals surface area contributed by atoms with Gasteiger partial charge in [-0.15, -0.1) is 0 Å². The Balaban J connectivity index is 2.66. The van der Waals surface area contributed by atoms with Gasteiger partial charge < -0.3 is 9.32 Å². The molecule has 0 unspecified atom stereocenters. The van der Waals surface area contributed by atoms with Crippen LogP contribution in [0.3, 0.4) is 0 Å². The van der Waals surface area contributed by atoms with Gasteiger partial charge in [0.15, 0.2) is 5.76 Å². The normalized spacial score (nSPS) is 13.1. The van der Waals surface area contributed by atoms with Crippen LogP contribution in [0.25, 0.3) is 0 Å². The molecule has 3 heteroatoms. The third kappa shape index (κ3) is 2.70. The molecule has 0 aliphatic rings. The van der Waals surface area contributed by atoms with Gasteiger partial charge in [0.1, 0.15) is 0 Å². The van der Waals surface area contributed by atoms with Gasteiger partial charge in [-0.2, -0.15) is 0 Å². The summed E-state index contributed by atoms with van der Waals surface area (Å²) in [5.74, 6) is 0.612. The molecule has 0 aliphatic carbocycles. The second-order valence-corrected chi connectivity index (χ2v) is 3.71. The SMILES string of the molecule is CC[C@@H](CN(C)C)C(=O)c1ccco1. The number of furan rings is 1. The molecule has 1 atom stereocenters. The number of ketones is 1. The van der Waals surface area contributed by atoms with E-state index in [-0.39, 0.29) is 11.7 Å². The molecule has 0 fully saturated rings. The van der Waals surface area contributed by atoms with Crippen molar-refractivity contribution in [3.8, 4) is 0 Å². The van der Waals surface area contributed by atoms with E-state index in [0.29, 0.717) is 5.76 Å². The molecule has 14 heavy (non-hydrogen) atoms. The topological polar surface area (TPSA) is 33.5 Å². The minimum atomic E-state index is 0.0381. The number of hydrogen-bond donors (Lipinski definition) is 0. The zero-order valence-electron chi connectivity index (χ0n) is 8.99.